The first-order chi connectivity index (χ1) is 11.0. The summed E-state index contributed by atoms with van der Waals surface area (Å²) in [4.78, 5) is 12.5. The van der Waals surface area contributed by atoms with Crippen LogP contribution in [0.4, 0.5) is 0 Å². The van der Waals surface area contributed by atoms with Gasteiger partial charge in [-0.25, -0.2) is 0 Å². The minimum atomic E-state index is -0.385. The predicted molar refractivity (Wildman–Crippen MR) is 87.8 cm³/mol. The average molecular weight is 317 g/mol. The van der Waals surface area contributed by atoms with Crippen LogP contribution in [0.2, 0.25) is 0 Å². The summed E-state index contributed by atoms with van der Waals surface area (Å²) in [6.45, 7) is 5.66. The third-order valence-corrected chi connectivity index (χ3v) is 3.88. The molecule has 0 bridgehead atoms. The lowest BCUT2D eigenvalue weighted by Crippen LogP contribution is -2.34. The molecular formula is C17H23N3O3. The van der Waals surface area contributed by atoms with Crippen LogP contribution < -0.4 is 14.8 Å². The third kappa shape index (κ3) is 3.64. The zero-order valence-corrected chi connectivity index (χ0v) is 14.2. The Morgan fingerprint density at radius 2 is 1.96 bits per heavy atom. The van der Waals surface area contributed by atoms with Gasteiger partial charge in [0, 0.05) is 17.5 Å². The molecule has 2 aromatic rings. The van der Waals surface area contributed by atoms with Crippen LogP contribution in [0.25, 0.3) is 0 Å². The van der Waals surface area contributed by atoms with Gasteiger partial charge in [-0.3, -0.25) is 9.48 Å². The molecule has 1 aromatic carbocycles. The van der Waals surface area contributed by atoms with Gasteiger partial charge in [0.15, 0.2) is 0 Å². The molecule has 1 aromatic heterocycles. The number of amides is 1. The maximum absolute atomic E-state index is 12.5. The summed E-state index contributed by atoms with van der Waals surface area (Å²) in [5.74, 6) is 1.33. The van der Waals surface area contributed by atoms with E-state index in [1.165, 1.54) is 0 Å². The van der Waals surface area contributed by atoms with Gasteiger partial charge in [0.05, 0.1) is 20.3 Å². The Bertz CT molecular complexity index is 681. The molecule has 23 heavy (non-hydrogen) atoms. The van der Waals surface area contributed by atoms with E-state index in [9.17, 15) is 4.79 Å². The lowest BCUT2D eigenvalue weighted by molar-refractivity contribution is -0.124. The van der Waals surface area contributed by atoms with Gasteiger partial charge in [-0.2, -0.15) is 5.10 Å². The highest BCUT2D eigenvalue weighted by Crippen LogP contribution is 2.29. The molecule has 6 nitrogen and oxygen atoms in total. The summed E-state index contributed by atoms with van der Waals surface area (Å²) in [6, 6.07) is 6.80. The Morgan fingerprint density at radius 3 is 2.52 bits per heavy atom. The lowest BCUT2D eigenvalue weighted by atomic mass is 10.1. The molecule has 1 heterocycles. The number of hydrogen-bond acceptors (Lipinski definition) is 4. The topological polar surface area (TPSA) is 65.4 Å². The third-order valence-electron chi connectivity index (χ3n) is 3.88. The molecule has 2 unspecified atom stereocenters. The van der Waals surface area contributed by atoms with E-state index < -0.39 is 0 Å². The number of aryl methyl sites for hydroxylation is 1. The minimum absolute atomic E-state index is 0.103. The number of rotatable bonds is 6. The van der Waals surface area contributed by atoms with Gasteiger partial charge in [-0.1, -0.05) is 0 Å². The number of benzene rings is 1. The Morgan fingerprint density at radius 1 is 1.22 bits per heavy atom. The van der Waals surface area contributed by atoms with E-state index in [2.05, 4.69) is 10.4 Å². The van der Waals surface area contributed by atoms with Crippen molar-refractivity contribution in [2.24, 2.45) is 0 Å². The molecule has 0 spiro atoms. The maximum Gasteiger partial charge on any atom is 0.245 e. The predicted octanol–water partition coefficient (Wildman–Crippen LogP) is 2.65. The van der Waals surface area contributed by atoms with Gasteiger partial charge >= 0.3 is 0 Å². The zero-order chi connectivity index (χ0) is 17.0. The molecule has 0 aliphatic heterocycles. The summed E-state index contributed by atoms with van der Waals surface area (Å²) in [5, 5.41) is 7.19. The molecule has 0 saturated heterocycles. The van der Waals surface area contributed by atoms with E-state index in [0.717, 1.165) is 17.0 Å². The molecule has 2 atom stereocenters. The summed E-state index contributed by atoms with van der Waals surface area (Å²) in [7, 11) is 3.22. The summed E-state index contributed by atoms with van der Waals surface area (Å²) in [6.07, 6.45) is 1.69. The van der Waals surface area contributed by atoms with Crippen LogP contribution in [0.3, 0.4) is 0 Å². The van der Waals surface area contributed by atoms with E-state index in [0.29, 0.717) is 5.75 Å². The standard InChI is InChI=1S/C17H23N3O3/c1-11-8-9-18-20(11)13(3)17(21)19-12(2)15-10-14(22-4)6-7-16(15)23-5/h6-10,12-13H,1-5H3,(H,19,21). The highest BCUT2D eigenvalue weighted by molar-refractivity contribution is 5.80. The van der Waals surface area contributed by atoms with Crippen LogP contribution in [-0.4, -0.2) is 29.9 Å². The van der Waals surface area contributed by atoms with E-state index in [1.807, 2.05) is 45.0 Å². The van der Waals surface area contributed by atoms with Crippen LogP contribution >= 0.6 is 0 Å². The number of methoxy groups -OCH3 is 2. The highest BCUT2D eigenvalue weighted by atomic mass is 16.5. The van der Waals surface area contributed by atoms with Crippen molar-refractivity contribution in [2.75, 3.05) is 14.2 Å². The van der Waals surface area contributed by atoms with E-state index >= 15 is 0 Å². The van der Waals surface area contributed by atoms with Gasteiger partial charge in [-0.05, 0) is 45.0 Å². The van der Waals surface area contributed by atoms with Crippen molar-refractivity contribution in [3.8, 4) is 11.5 Å². The second-order valence-electron chi connectivity index (χ2n) is 5.43. The van der Waals surface area contributed by atoms with Crippen molar-refractivity contribution >= 4 is 5.91 Å². The molecule has 1 amide bonds. The number of carbonyl (C=O) groups is 1. The molecule has 0 aliphatic carbocycles. The number of hydrogen-bond donors (Lipinski definition) is 1. The maximum atomic E-state index is 12.5. The Kier molecular flexibility index (Phi) is 5.26. The molecule has 0 radical (unpaired) electrons. The monoisotopic (exact) mass is 317 g/mol. The van der Waals surface area contributed by atoms with Crippen LogP contribution in [0.5, 0.6) is 11.5 Å². The Balaban J connectivity index is 2.16. The van der Waals surface area contributed by atoms with Crippen molar-refractivity contribution in [1.29, 1.82) is 0 Å². The average Bonchev–Trinajstić information content (AvgIpc) is 2.99. The largest absolute Gasteiger partial charge is 0.497 e. The summed E-state index contributed by atoms with van der Waals surface area (Å²) in [5.41, 5.74) is 1.81. The Hall–Kier alpha value is -2.50. The van der Waals surface area contributed by atoms with Crippen molar-refractivity contribution in [3.63, 3.8) is 0 Å². The molecule has 0 aliphatic rings. The van der Waals surface area contributed by atoms with Crippen molar-refractivity contribution in [2.45, 2.75) is 32.9 Å². The molecule has 0 fully saturated rings. The molecule has 2 rings (SSSR count). The fraction of sp³-hybridized carbons (Fsp3) is 0.412. The van der Waals surface area contributed by atoms with Crippen molar-refractivity contribution < 1.29 is 14.3 Å². The Labute approximate surface area is 136 Å². The summed E-state index contributed by atoms with van der Waals surface area (Å²) >= 11 is 0. The quantitative estimate of drug-likeness (QED) is 0.889. The zero-order valence-electron chi connectivity index (χ0n) is 14.2. The number of ether oxygens (including phenoxy) is 2. The van der Waals surface area contributed by atoms with Crippen LogP contribution in [0, 0.1) is 6.92 Å². The minimum Gasteiger partial charge on any atom is -0.497 e. The number of nitrogens with one attached hydrogen (secondary N) is 1. The fourth-order valence-electron chi connectivity index (χ4n) is 2.49. The van der Waals surface area contributed by atoms with Crippen molar-refractivity contribution in [3.05, 3.63) is 41.7 Å². The van der Waals surface area contributed by atoms with Gasteiger partial charge in [0.1, 0.15) is 17.5 Å². The van der Waals surface area contributed by atoms with Gasteiger partial charge in [0.2, 0.25) is 5.91 Å². The molecular weight excluding hydrogens is 294 g/mol. The second kappa shape index (κ2) is 7.17. The van der Waals surface area contributed by atoms with E-state index in [1.54, 1.807) is 25.1 Å². The molecule has 1 N–H and O–H groups in total. The number of aromatic nitrogens is 2. The number of nitrogens with zero attached hydrogens (tertiary/aromatic N) is 2. The first kappa shape index (κ1) is 16.9. The normalized spacial score (nSPS) is 13.3. The van der Waals surface area contributed by atoms with Crippen molar-refractivity contribution in [1.82, 2.24) is 15.1 Å². The van der Waals surface area contributed by atoms with Gasteiger partial charge in [0.25, 0.3) is 0 Å². The number of carbonyl (C=O) groups excluding carboxylic acids is 1. The smallest absolute Gasteiger partial charge is 0.245 e. The molecule has 0 saturated carbocycles. The van der Waals surface area contributed by atoms with Crippen LogP contribution in [0.15, 0.2) is 30.5 Å². The molecule has 6 heteroatoms. The van der Waals surface area contributed by atoms with Crippen LogP contribution in [-0.2, 0) is 4.79 Å². The SMILES string of the molecule is COc1ccc(OC)c(C(C)NC(=O)C(C)n2nccc2C)c1. The van der Waals surface area contributed by atoms with E-state index in [4.69, 9.17) is 9.47 Å². The molecule has 124 valence electrons. The summed E-state index contributed by atoms with van der Waals surface area (Å²) < 4.78 is 12.3. The second-order valence-corrected chi connectivity index (χ2v) is 5.43. The highest BCUT2D eigenvalue weighted by Gasteiger charge is 2.21. The van der Waals surface area contributed by atoms with Gasteiger partial charge in [-0.15, -0.1) is 0 Å². The first-order valence-corrected chi connectivity index (χ1v) is 7.50. The lowest BCUT2D eigenvalue weighted by Gasteiger charge is -2.21. The first-order valence-electron chi connectivity index (χ1n) is 7.50. The van der Waals surface area contributed by atoms with Gasteiger partial charge < -0.3 is 14.8 Å². The van der Waals surface area contributed by atoms with Crippen LogP contribution in [0.1, 0.15) is 37.2 Å². The van der Waals surface area contributed by atoms with E-state index in [-0.39, 0.29) is 18.0 Å². The fourth-order valence-corrected chi connectivity index (χ4v) is 2.49.